The third-order valence-corrected chi connectivity index (χ3v) is 7.03. The molecule has 0 spiro atoms. The van der Waals surface area contributed by atoms with Crippen molar-refractivity contribution in [2.24, 2.45) is 0 Å². The molecule has 8 nitrogen and oxygen atoms in total. The molecule has 4 aromatic rings. The number of amides is 1. The number of aromatic hydroxyl groups is 1. The molecule has 0 saturated carbocycles. The first-order valence-corrected chi connectivity index (χ1v) is 12.3. The Balaban J connectivity index is 1.58. The van der Waals surface area contributed by atoms with Gasteiger partial charge < -0.3 is 29.6 Å². The predicted octanol–water partition coefficient (Wildman–Crippen LogP) is 5.21. The number of aliphatic hydroxyl groups excluding tert-OH is 1. The number of rotatable bonds is 7. The van der Waals surface area contributed by atoms with Crippen LogP contribution >= 0.6 is 11.6 Å². The zero-order valence-electron chi connectivity index (χ0n) is 20.7. The van der Waals surface area contributed by atoms with Gasteiger partial charge in [-0.3, -0.25) is 9.59 Å². The summed E-state index contributed by atoms with van der Waals surface area (Å²) in [6, 6.07) is 15.7. The van der Waals surface area contributed by atoms with Gasteiger partial charge in [0.15, 0.2) is 11.5 Å². The molecule has 1 saturated heterocycles. The number of carbonyl (C=O) groups is 2. The summed E-state index contributed by atoms with van der Waals surface area (Å²) in [7, 11) is 3.01. The molecular weight excluding hydrogens is 508 g/mol. The Morgan fingerprint density at radius 1 is 1.03 bits per heavy atom. The summed E-state index contributed by atoms with van der Waals surface area (Å²) in [6.07, 6.45) is 2.31. The number of phenolic OH excluding ortho intramolecular Hbond substituents is 1. The van der Waals surface area contributed by atoms with E-state index in [4.69, 9.17) is 21.1 Å². The highest BCUT2D eigenvalue weighted by molar-refractivity contribution is 6.46. The van der Waals surface area contributed by atoms with Gasteiger partial charge in [0.25, 0.3) is 11.7 Å². The zero-order valence-corrected chi connectivity index (χ0v) is 21.5. The van der Waals surface area contributed by atoms with E-state index in [0.717, 1.165) is 16.5 Å². The third kappa shape index (κ3) is 4.43. The average molecular weight is 533 g/mol. The number of nitrogens with one attached hydrogen (secondary N) is 1. The number of hydrogen-bond donors (Lipinski definition) is 3. The predicted molar refractivity (Wildman–Crippen MR) is 144 cm³/mol. The van der Waals surface area contributed by atoms with Crippen molar-refractivity contribution < 1.29 is 29.3 Å². The number of aliphatic hydroxyl groups is 1. The van der Waals surface area contributed by atoms with Crippen molar-refractivity contribution in [2.45, 2.75) is 12.5 Å². The zero-order chi connectivity index (χ0) is 27.0. The van der Waals surface area contributed by atoms with Crippen LogP contribution < -0.4 is 9.47 Å². The average Bonchev–Trinajstić information content (AvgIpc) is 3.45. The molecule has 0 radical (unpaired) electrons. The molecule has 1 atom stereocenters. The van der Waals surface area contributed by atoms with Crippen molar-refractivity contribution in [3.05, 3.63) is 94.1 Å². The molecule has 0 unspecified atom stereocenters. The van der Waals surface area contributed by atoms with Gasteiger partial charge in [-0.25, -0.2) is 0 Å². The number of halogens is 1. The molecule has 1 aliphatic heterocycles. The van der Waals surface area contributed by atoms with Crippen LogP contribution in [-0.2, 0) is 16.0 Å². The van der Waals surface area contributed by atoms with Crippen LogP contribution in [0.25, 0.3) is 16.7 Å². The monoisotopic (exact) mass is 532 g/mol. The molecule has 9 heteroatoms. The standard InChI is InChI=1S/C29H25ClN2O6/c1-37-20-8-9-22-21(14-20)18(15-31-22)11-12-32-26(17-5-10-23(33)24(13-17)38-2)25(28(35)29(32)36)27(34)16-3-6-19(30)7-4-16/h3-10,13-15,26,31,33-34H,11-12H2,1-2H3/t26-/m1/s1. The van der Waals surface area contributed by atoms with Crippen molar-refractivity contribution >= 4 is 40.0 Å². The first kappa shape index (κ1) is 25.2. The van der Waals surface area contributed by atoms with Crippen LogP contribution in [0.15, 0.2) is 72.4 Å². The lowest BCUT2D eigenvalue weighted by molar-refractivity contribution is -0.139. The first-order chi connectivity index (χ1) is 18.3. The number of ketones is 1. The molecule has 0 aliphatic carbocycles. The maximum atomic E-state index is 13.3. The Morgan fingerprint density at radius 2 is 1.79 bits per heavy atom. The number of hydrogen-bond acceptors (Lipinski definition) is 6. The third-order valence-electron chi connectivity index (χ3n) is 6.77. The summed E-state index contributed by atoms with van der Waals surface area (Å²) in [6.45, 7) is 0.194. The van der Waals surface area contributed by atoms with E-state index in [2.05, 4.69) is 4.98 Å². The Hall–Kier alpha value is -4.43. The Bertz CT molecular complexity index is 1570. The van der Waals surface area contributed by atoms with E-state index in [1.165, 1.54) is 18.1 Å². The van der Waals surface area contributed by atoms with Gasteiger partial charge in [0.05, 0.1) is 25.8 Å². The topological polar surface area (TPSA) is 112 Å². The van der Waals surface area contributed by atoms with E-state index < -0.39 is 17.7 Å². The maximum Gasteiger partial charge on any atom is 0.295 e. The number of aromatic nitrogens is 1. The summed E-state index contributed by atoms with van der Waals surface area (Å²) < 4.78 is 10.6. The lowest BCUT2D eigenvalue weighted by Crippen LogP contribution is -2.31. The number of Topliss-reactive ketones (excluding diaryl/α,β-unsaturated/α-hetero) is 1. The number of nitrogens with zero attached hydrogens (tertiary/aromatic N) is 1. The van der Waals surface area contributed by atoms with E-state index in [9.17, 15) is 19.8 Å². The Labute approximate surface area is 223 Å². The van der Waals surface area contributed by atoms with E-state index in [1.54, 1.807) is 43.5 Å². The number of H-pyrrole nitrogens is 1. The normalized spacial score (nSPS) is 16.8. The maximum absolute atomic E-state index is 13.3. The number of benzene rings is 3. The highest BCUT2D eigenvalue weighted by Crippen LogP contribution is 2.42. The number of aromatic amines is 1. The van der Waals surface area contributed by atoms with Crippen LogP contribution in [0.3, 0.4) is 0 Å². The fraction of sp³-hybridized carbons (Fsp3) is 0.172. The van der Waals surface area contributed by atoms with Crippen LogP contribution in [0.5, 0.6) is 17.2 Å². The molecule has 2 heterocycles. The Morgan fingerprint density at radius 3 is 2.50 bits per heavy atom. The molecule has 1 aliphatic rings. The quantitative estimate of drug-likeness (QED) is 0.171. The van der Waals surface area contributed by atoms with Gasteiger partial charge in [-0.15, -0.1) is 0 Å². The Kier molecular flexibility index (Phi) is 6.73. The number of ether oxygens (including phenoxy) is 2. The fourth-order valence-electron chi connectivity index (χ4n) is 4.82. The smallest absolute Gasteiger partial charge is 0.295 e. The van der Waals surface area contributed by atoms with Crippen LogP contribution in [0.2, 0.25) is 5.02 Å². The molecule has 3 N–H and O–H groups in total. The number of likely N-dealkylation sites (tertiary alicyclic amines) is 1. The molecule has 1 aromatic heterocycles. The minimum absolute atomic E-state index is 0.0503. The number of carbonyl (C=O) groups excluding carboxylic acids is 2. The lowest BCUT2D eigenvalue weighted by atomic mass is 9.95. The van der Waals surface area contributed by atoms with Crippen molar-refractivity contribution in [3.63, 3.8) is 0 Å². The van der Waals surface area contributed by atoms with E-state index in [0.29, 0.717) is 28.3 Å². The number of phenols is 1. The summed E-state index contributed by atoms with van der Waals surface area (Å²) in [5.74, 6) is -1.03. The minimum atomic E-state index is -0.903. The van der Waals surface area contributed by atoms with Crippen LogP contribution in [0.4, 0.5) is 0 Å². The molecule has 1 amide bonds. The van der Waals surface area contributed by atoms with Crippen molar-refractivity contribution in [1.82, 2.24) is 9.88 Å². The van der Waals surface area contributed by atoms with Crippen molar-refractivity contribution in [2.75, 3.05) is 20.8 Å². The second-order valence-electron chi connectivity index (χ2n) is 8.91. The molecule has 1 fully saturated rings. The number of fused-ring (bicyclic) bond motifs is 1. The summed E-state index contributed by atoms with van der Waals surface area (Å²) in [5.41, 5.74) is 2.68. The first-order valence-electron chi connectivity index (χ1n) is 11.9. The fourth-order valence-corrected chi connectivity index (χ4v) is 4.94. The highest BCUT2D eigenvalue weighted by Gasteiger charge is 2.46. The van der Waals surface area contributed by atoms with Crippen molar-refractivity contribution in [1.29, 1.82) is 0 Å². The minimum Gasteiger partial charge on any atom is -0.507 e. The van der Waals surface area contributed by atoms with Crippen LogP contribution in [0.1, 0.15) is 22.7 Å². The second-order valence-corrected chi connectivity index (χ2v) is 9.34. The lowest BCUT2D eigenvalue weighted by Gasteiger charge is -2.25. The molecular formula is C29H25ClN2O6. The van der Waals surface area contributed by atoms with E-state index in [1.807, 2.05) is 24.4 Å². The summed E-state index contributed by atoms with van der Waals surface area (Å²) in [4.78, 5) is 31.3. The van der Waals surface area contributed by atoms with Gasteiger partial charge in [-0.05, 0) is 72.1 Å². The SMILES string of the molecule is COc1ccc2[nH]cc(CCN3C(=O)C(=O)C(=C(O)c4ccc(Cl)cc4)[C@H]3c3ccc(O)c(OC)c3)c2c1. The van der Waals surface area contributed by atoms with Gasteiger partial charge >= 0.3 is 0 Å². The second kappa shape index (κ2) is 10.1. The molecule has 194 valence electrons. The van der Waals surface area contributed by atoms with Crippen molar-refractivity contribution in [3.8, 4) is 17.2 Å². The van der Waals surface area contributed by atoms with Gasteiger partial charge in [0.1, 0.15) is 11.5 Å². The van der Waals surface area contributed by atoms with Crippen LogP contribution in [0, 0.1) is 0 Å². The molecule has 38 heavy (non-hydrogen) atoms. The van der Waals surface area contributed by atoms with E-state index in [-0.39, 0.29) is 29.4 Å². The highest BCUT2D eigenvalue weighted by atomic mass is 35.5. The molecule has 3 aromatic carbocycles. The summed E-state index contributed by atoms with van der Waals surface area (Å²) in [5, 5.41) is 22.8. The molecule has 5 rings (SSSR count). The van der Waals surface area contributed by atoms with Gasteiger partial charge in [-0.2, -0.15) is 0 Å². The summed E-state index contributed by atoms with van der Waals surface area (Å²) >= 11 is 6.00. The molecule has 0 bridgehead atoms. The number of methoxy groups -OCH3 is 2. The largest absolute Gasteiger partial charge is 0.507 e. The van der Waals surface area contributed by atoms with Crippen LogP contribution in [-0.4, -0.2) is 52.6 Å². The van der Waals surface area contributed by atoms with E-state index >= 15 is 0 Å². The van der Waals surface area contributed by atoms with Gasteiger partial charge in [-0.1, -0.05) is 17.7 Å². The van der Waals surface area contributed by atoms with Gasteiger partial charge in [0, 0.05) is 34.2 Å². The van der Waals surface area contributed by atoms with Gasteiger partial charge in [0.2, 0.25) is 0 Å².